The molecule has 2 N–H and O–H groups in total. The van der Waals surface area contributed by atoms with Crippen LogP contribution >= 0.6 is 23.7 Å². The summed E-state index contributed by atoms with van der Waals surface area (Å²) in [6.45, 7) is 0. The van der Waals surface area contributed by atoms with E-state index in [0.717, 1.165) is 11.3 Å². The van der Waals surface area contributed by atoms with Crippen molar-refractivity contribution in [1.29, 1.82) is 0 Å². The molecule has 1 atom stereocenters. The van der Waals surface area contributed by atoms with Crippen molar-refractivity contribution in [2.75, 3.05) is 0 Å². The second-order valence-corrected chi connectivity index (χ2v) is 4.13. The van der Waals surface area contributed by atoms with Crippen LogP contribution in [-0.4, -0.2) is 11.1 Å². The van der Waals surface area contributed by atoms with Crippen LogP contribution in [0.15, 0.2) is 11.4 Å². The third kappa shape index (κ3) is 5.33. The summed E-state index contributed by atoms with van der Waals surface area (Å²) < 4.78 is 35.7. The van der Waals surface area contributed by atoms with Gasteiger partial charge < -0.3 is 5.73 Å². The van der Waals surface area contributed by atoms with Gasteiger partial charge in [0, 0.05) is 23.9 Å². The first-order valence-electron chi connectivity index (χ1n) is 4.35. The molecule has 0 aliphatic carbocycles. The van der Waals surface area contributed by atoms with Crippen LogP contribution in [0.5, 0.6) is 0 Å². The molecule has 1 aromatic heterocycles. The monoisotopic (exact) mass is 290 g/mol. The zero-order chi connectivity index (χ0) is 12.3. The normalized spacial score (nSPS) is 12.9. The highest BCUT2D eigenvalue weighted by Crippen LogP contribution is 2.30. The van der Waals surface area contributed by atoms with E-state index in [1.807, 2.05) is 0 Å². The lowest BCUT2D eigenvalue weighted by atomic mass is 10.1. The highest BCUT2D eigenvalue weighted by Gasteiger charge is 2.28. The molecule has 1 rings (SSSR count). The van der Waals surface area contributed by atoms with E-state index in [1.54, 1.807) is 0 Å². The van der Waals surface area contributed by atoms with Crippen LogP contribution in [-0.2, 0) is 0 Å². The molecular formula is C8H10ClF3N2O2S. The molecule has 0 spiro atoms. The average Bonchev–Trinajstić information content (AvgIpc) is 2.61. The van der Waals surface area contributed by atoms with E-state index in [2.05, 4.69) is 0 Å². The van der Waals surface area contributed by atoms with Crippen LogP contribution < -0.4 is 5.73 Å². The van der Waals surface area contributed by atoms with Crippen molar-refractivity contribution in [2.45, 2.75) is 25.1 Å². The fourth-order valence-corrected chi connectivity index (χ4v) is 1.90. The zero-order valence-electron chi connectivity index (χ0n) is 8.44. The average molecular weight is 291 g/mol. The Hall–Kier alpha value is -0.860. The summed E-state index contributed by atoms with van der Waals surface area (Å²) in [6, 6.07) is 0.401. The number of thiophene rings is 1. The van der Waals surface area contributed by atoms with Crippen molar-refractivity contribution in [2.24, 2.45) is 5.73 Å². The van der Waals surface area contributed by atoms with E-state index < -0.39 is 23.6 Å². The first-order valence-corrected chi connectivity index (χ1v) is 5.23. The lowest BCUT2D eigenvalue weighted by Gasteiger charge is -2.11. The summed E-state index contributed by atoms with van der Waals surface area (Å²) in [7, 11) is 0. The van der Waals surface area contributed by atoms with Crippen LogP contribution in [0.25, 0.3) is 0 Å². The van der Waals surface area contributed by atoms with Crippen molar-refractivity contribution < 1.29 is 18.1 Å². The molecule has 0 aliphatic heterocycles. The van der Waals surface area contributed by atoms with Crippen LogP contribution in [0.3, 0.4) is 0 Å². The summed E-state index contributed by atoms with van der Waals surface area (Å²) >= 11 is 0.859. The first-order chi connectivity index (χ1) is 7.29. The second-order valence-electron chi connectivity index (χ2n) is 3.24. The Kier molecular flexibility index (Phi) is 5.86. The topological polar surface area (TPSA) is 69.2 Å². The fraction of sp³-hybridized carbons (Fsp3) is 0.500. The summed E-state index contributed by atoms with van der Waals surface area (Å²) in [5.41, 5.74) is 5.88. The van der Waals surface area contributed by atoms with Crippen molar-refractivity contribution in [3.05, 3.63) is 27.1 Å². The highest BCUT2D eigenvalue weighted by atomic mass is 35.5. The van der Waals surface area contributed by atoms with Crippen LogP contribution in [0, 0.1) is 10.1 Å². The number of nitrogens with zero attached hydrogens (tertiary/aromatic N) is 1. The number of rotatable bonds is 4. The third-order valence-electron chi connectivity index (χ3n) is 1.95. The second kappa shape index (κ2) is 6.18. The molecule has 0 saturated heterocycles. The van der Waals surface area contributed by atoms with E-state index in [-0.39, 0.29) is 23.8 Å². The maximum atomic E-state index is 11.9. The fourth-order valence-electron chi connectivity index (χ4n) is 1.12. The van der Waals surface area contributed by atoms with E-state index in [4.69, 9.17) is 5.73 Å². The molecule has 1 heterocycles. The molecule has 0 saturated carbocycles. The van der Waals surface area contributed by atoms with Gasteiger partial charge in [-0.15, -0.1) is 12.4 Å². The number of nitro groups is 1. The quantitative estimate of drug-likeness (QED) is 0.682. The van der Waals surface area contributed by atoms with Gasteiger partial charge >= 0.3 is 11.2 Å². The van der Waals surface area contributed by atoms with Gasteiger partial charge in [0.15, 0.2) is 0 Å². The van der Waals surface area contributed by atoms with Gasteiger partial charge in [0.05, 0.1) is 4.92 Å². The van der Waals surface area contributed by atoms with Crippen LogP contribution in [0.2, 0.25) is 0 Å². The minimum Gasteiger partial charge on any atom is -0.324 e. The van der Waals surface area contributed by atoms with Gasteiger partial charge in [-0.05, 0) is 12.0 Å². The Morgan fingerprint density at radius 2 is 2.12 bits per heavy atom. The molecule has 1 aromatic rings. The van der Waals surface area contributed by atoms with E-state index in [1.165, 1.54) is 11.4 Å². The van der Waals surface area contributed by atoms with Gasteiger partial charge in [-0.2, -0.15) is 13.2 Å². The molecule has 4 nitrogen and oxygen atoms in total. The number of hydrogen-bond donors (Lipinski definition) is 1. The van der Waals surface area contributed by atoms with E-state index in [9.17, 15) is 23.3 Å². The van der Waals surface area contributed by atoms with E-state index >= 15 is 0 Å². The van der Waals surface area contributed by atoms with Crippen LogP contribution in [0.4, 0.5) is 18.2 Å². The van der Waals surface area contributed by atoms with Gasteiger partial charge in [0.25, 0.3) is 0 Å². The Bertz CT molecular complexity index is 383. The Labute approximate surface area is 105 Å². The van der Waals surface area contributed by atoms with Crippen LogP contribution in [0.1, 0.15) is 24.4 Å². The molecule has 0 unspecified atom stereocenters. The molecule has 17 heavy (non-hydrogen) atoms. The first kappa shape index (κ1) is 16.1. The number of alkyl halides is 3. The molecule has 9 heteroatoms. The smallest absolute Gasteiger partial charge is 0.324 e. The van der Waals surface area contributed by atoms with Crippen molar-refractivity contribution >= 4 is 28.7 Å². The predicted octanol–water partition coefficient (Wildman–Crippen LogP) is 3.42. The maximum absolute atomic E-state index is 11.9. The minimum atomic E-state index is -4.25. The standard InChI is InChI=1S/C8H9F3N2O2S.ClH/c9-8(10,11)2-1-6(12)5-3-7(13(14)15)16-4-5;/h3-4,6H,1-2,12H2;1H/t6-;/m0./s1. The lowest BCUT2D eigenvalue weighted by Crippen LogP contribution is -2.15. The van der Waals surface area contributed by atoms with Crippen molar-refractivity contribution in [1.82, 2.24) is 0 Å². The summed E-state index contributed by atoms with van der Waals surface area (Å²) in [4.78, 5) is 9.76. The number of halogens is 4. The van der Waals surface area contributed by atoms with Gasteiger partial charge in [0.2, 0.25) is 0 Å². The zero-order valence-corrected chi connectivity index (χ0v) is 10.1. The van der Waals surface area contributed by atoms with Gasteiger partial charge in [-0.1, -0.05) is 11.3 Å². The largest absolute Gasteiger partial charge is 0.389 e. The summed E-state index contributed by atoms with van der Waals surface area (Å²) in [6.07, 6.45) is -5.51. The molecule has 0 radical (unpaired) electrons. The van der Waals surface area contributed by atoms with Gasteiger partial charge in [0.1, 0.15) is 0 Å². The summed E-state index contributed by atoms with van der Waals surface area (Å²) in [5, 5.41) is 11.7. The minimum absolute atomic E-state index is 0. The van der Waals surface area contributed by atoms with Crippen molar-refractivity contribution in [3.8, 4) is 0 Å². The van der Waals surface area contributed by atoms with E-state index in [0.29, 0.717) is 5.56 Å². The molecule has 0 bridgehead atoms. The Morgan fingerprint density at radius 1 is 1.53 bits per heavy atom. The Morgan fingerprint density at radius 3 is 2.53 bits per heavy atom. The molecule has 98 valence electrons. The summed E-state index contributed by atoms with van der Waals surface area (Å²) in [5.74, 6) is 0. The third-order valence-corrected chi connectivity index (χ3v) is 2.85. The molecule has 0 fully saturated rings. The SMILES string of the molecule is Cl.N[C@@H](CCC(F)(F)F)c1csc([N+](=O)[O-])c1. The maximum Gasteiger partial charge on any atom is 0.389 e. The number of hydrogen-bond acceptors (Lipinski definition) is 4. The predicted molar refractivity (Wildman–Crippen MR) is 60.4 cm³/mol. The molecule has 0 amide bonds. The molecular weight excluding hydrogens is 281 g/mol. The number of nitrogens with two attached hydrogens (primary N) is 1. The van der Waals surface area contributed by atoms with Gasteiger partial charge in [-0.3, -0.25) is 10.1 Å². The Balaban J connectivity index is 0.00000256. The molecule has 0 aromatic carbocycles. The van der Waals surface area contributed by atoms with Crippen molar-refractivity contribution in [3.63, 3.8) is 0 Å². The molecule has 0 aliphatic rings. The lowest BCUT2D eigenvalue weighted by molar-refractivity contribution is -0.380. The highest BCUT2D eigenvalue weighted by molar-refractivity contribution is 7.13. The van der Waals surface area contributed by atoms with Gasteiger partial charge in [-0.25, -0.2) is 0 Å².